The van der Waals surface area contributed by atoms with Gasteiger partial charge in [0.25, 0.3) is 0 Å². The first-order valence-corrected chi connectivity index (χ1v) is 5.42. The van der Waals surface area contributed by atoms with E-state index in [0.717, 1.165) is 18.8 Å². The summed E-state index contributed by atoms with van der Waals surface area (Å²) >= 11 is 0. The summed E-state index contributed by atoms with van der Waals surface area (Å²) in [7, 11) is 0. The van der Waals surface area contributed by atoms with Crippen LogP contribution in [0.25, 0.3) is 0 Å². The Morgan fingerprint density at radius 2 is 2.07 bits per heavy atom. The second kappa shape index (κ2) is 5.64. The third-order valence-corrected chi connectivity index (χ3v) is 3.03. The molecule has 14 heavy (non-hydrogen) atoms. The highest BCUT2D eigenvalue weighted by atomic mass is 16.1. The summed E-state index contributed by atoms with van der Waals surface area (Å²) in [6, 6.07) is 2.18. The first-order valence-electron chi connectivity index (χ1n) is 5.42. The smallest absolute Gasteiger partial charge is 0.234 e. The first-order chi connectivity index (χ1) is 6.76. The number of hydrogen-bond acceptors (Lipinski definition) is 2. The standard InChI is InChI=1S/C11H18N2O/c1-2-9-3-5-10(6-4-9)13-11(14)7-8-12/h9-10H,2-7H2,1H3,(H,13,14). The van der Waals surface area contributed by atoms with Crippen molar-refractivity contribution in [1.29, 1.82) is 5.26 Å². The molecular formula is C11H18N2O. The van der Waals surface area contributed by atoms with Gasteiger partial charge in [-0.2, -0.15) is 5.26 Å². The maximum absolute atomic E-state index is 11.1. The van der Waals surface area contributed by atoms with Gasteiger partial charge in [0, 0.05) is 6.04 Å². The predicted molar refractivity (Wildman–Crippen MR) is 54.4 cm³/mol. The van der Waals surface area contributed by atoms with Crippen LogP contribution in [-0.2, 0) is 4.79 Å². The number of carbonyl (C=O) groups excluding carboxylic acids is 1. The molecule has 1 aliphatic rings. The largest absolute Gasteiger partial charge is 0.352 e. The van der Waals surface area contributed by atoms with Gasteiger partial charge in [-0.05, 0) is 31.6 Å². The van der Waals surface area contributed by atoms with Gasteiger partial charge in [0.05, 0.1) is 6.07 Å². The normalized spacial score (nSPS) is 26.6. The van der Waals surface area contributed by atoms with Crippen molar-refractivity contribution in [3.8, 4) is 6.07 Å². The molecule has 0 heterocycles. The van der Waals surface area contributed by atoms with Crippen LogP contribution in [0.15, 0.2) is 0 Å². The van der Waals surface area contributed by atoms with Crippen molar-refractivity contribution < 1.29 is 4.79 Å². The Morgan fingerprint density at radius 3 is 2.57 bits per heavy atom. The molecule has 0 atom stereocenters. The molecule has 78 valence electrons. The minimum absolute atomic E-state index is 0.00624. The maximum Gasteiger partial charge on any atom is 0.234 e. The topological polar surface area (TPSA) is 52.9 Å². The molecule has 0 spiro atoms. The number of amides is 1. The van der Waals surface area contributed by atoms with E-state index in [-0.39, 0.29) is 12.3 Å². The van der Waals surface area contributed by atoms with E-state index in [1.54, 1.807) is 0 Å². The zero-order valence-corrected chi connectivity index (χ0v) is 8.75. The van der Waals surface area contributed by atoms with E-state index in [1.165, 1.54) is 19.3 Å². The van der Waals surface area contributed by atoms with E-state index in [2.05, 4.69) is 12.2 Å². The SMILES string of the molecule is CCC1CCC(NC(=O)CC#N)CC1. The van der Waals surface area contributed by atoms with Crippen LogP contribution in [0.4, 0.5) is 0 Å². The maximum atomic E-state index is 11.1. The summed E-state index contributed by atoms with van der Waals surface area (Å²) in [5.74, 6) is 0.728. The molecule has 0 saturated heterocycles. The van der Waals surface area contributed by atoms with Crippen molar-refractivity contribution in [2.45, 2.75) is 51.5 Å². The third-order valence-electron chi connectivity index (χ3n) is 3.03. The van der Waals surface area contributed by atoms with E-state index < -0.39 is 0 Å². The van der Waals surface area contributed by atoms with Crippen LogP contribution in [0.3, 0.4) is 0 Å². The van der Waals surface area contributed by atoms with Crippen molar-refractivity contribution >= 4 is 5.91 Å². The number of rotatable bonds is 3. The van der Waals surface area contributed by atoms with E-state index >= 15 is 0 Å². The molecule has 0 radical (unpaired) electrons. The van der Waals surface area contributed by atoms with Gasteiger partial charge in [0.15, 0.2) is 0 Å². The van der Waals surface area contributed by atoms with Crippen molar-refractivity contribution in [1.82, 2.24) is 5.32 Å². The Kier molecular flexibility index (Phi) is 4.45. The molecule has 1 amide bonds. The molecule has 1 fully saturated rings. The molecule has 1 rings (SSSR count). The minimum atomic E-state index is -0.118. The van der Waals surface area contributed by atoms with Gasteiger partial charge in [-0.1, -0.05) is 13.3 Å². The molecule has 0 unspecified atom stereocenters. The molecule has 3 heteroatoms. The van der Waals surface area contributed by atoms with Gasteiger partial charge < -0.3 is 5.32 Å². The highest BCUT2D eigenvalue weighted by Gasteiger charge is 2.20. The van der Waals surface area contributed by atoms with Gasteiger partial charge in [-0.25, -0.2) is 0 Å². The molecule has 3 nitrogen and oxygen atoms in total. The van der Waals surface area contributed by atoms with E-state index in [4.69, 9.17) is 5.26 Å². The van der Waals surface area contributed by atoms with Crippen molar-refractivity contribution in [3.63, 3.8) is 0 Å². The van der Waals surface area contributed by atoms with Crippen LogP contribution in [0.5, 0.6) is 0 Å². The summed E-state index contributed by atoms with van der Waals surface area (Å²) in [6.45, 7) is 2.22. The highest BCUT2D eigenvalue weighted by molar-refractivity contribution is 5.78. The summed E-state index contributed by atoms with van der Waals surface area (Å²) in [5, 5.41) is 11.2. The fourth-order valence-corrected chi connectivity index (χ4v) is 2.07. The highest BCUT2D eigenvalue weighted by Crippen LogP contribution is 2.26. The fraction of sp³-hybridized carbons (Fsp3) is 0.818. The van der Waals surface area contributed by atoms with Crippen molar-refractivity contribution in [2.75, 3.05) is 0 Å². The number of nitrogens with zero attached hydrogens (tertiary/aromatic N) is 1. The van der Waals surface area contributed by atoms with Crippen molar-refractivity contribution in [2.24, 2.45) is 5.92 Å². The average molecular weight is 194 g/mol. The number of nitrogens with one attached hydrogen (secondary N) is 1. The predicted octanol–water partition coefficient (Wildman–Crippen LogP) is 1.99. The molecule has 1 aliphatic carbocycles. The van der Waals surface area contributed by atoms with Crippen LogP contribution in [0.1, 0.15) is 45.4 Å². The lowest BCUT2D eigenvalue weighted by atomic mass is 9.84. The number of nitriles is 1. The Balaban J connectivity index is 2.22. The van der Waals surface area contributed by atoms with Crippen LogP contribution in [0.2, 0.25) is 0 Å². The Morgan fingerprint density at radius 1 is 1.43 bits per heavy atom. The van der Waals surface area contributed by atoms with Gasteiger partial charge in [-0.3, -0.25) is 4.79 Å². The van der Waals surface area contributed by atoms with Crippen molar-refractivity contribution in [3.05, 3.63) is 0 Å². The molecule has 1 saturated carbocycles. The Hall–Kier alpha value is -1.04. The lowest BCUT2D eigenvalue weighted by molar-refractivity contribution is -0.121. The van der Waals surface area contributed by atoms with E-state index in [0.29, 0.717) is 6.04 Å². The zero-order chi connectivity index (χ0) is 10.4. The number of carbonyl (C=O) groups is 1. The summed E-state index contributed by atoms with van der Waals surface area (Å²) in [5.41, 5.74) is 0. The Labute approximate surface area is 85.5 Å². The fourth-order valence-electron chi connectivity index (χ4n) is 2.07. The zero-order valence-electron chi connectivity index (χ0n) is 8.75. The quantitative estimate of drug-likeness (QED) is 0.747. The van der Waals surface area contributed by atoms with E-state index in [9.17, 15) is 4.79 Å². The third kappa shape index (κ3) is 3.37. The van der Waals surface area contributed by atoms with Gasteiger partial charge in [-0.15, -0.1) is 0 Å². The molecule has 0 aliphatic heterocycles. The lowest BCUT2D eigenvalue weighted by Crippen LogP contribution is -2.37. The monoisotopic (exact) mass is 194 g/mol. The first kappa shape index (κ1) is 11.0. The summed E-state index contributed by atoms with van der Waals surface area (Å²) in [6.07, 6.45) is 5.83. The van der Waals surface area contributed by atoms with Crippen LogP contribution in [-0.4, -0.2) is 11.9 Å². The minimum Gasteiger partial charge on any atom is -0.352 e. The molecule has 0 bridgehead atoms. The van der Waals surface area contributed by atoms with Gasteiger partial charge >= 0.3 is 0 Å². The molecule has 0 aromatic rings. The second-order valence-corrected chi connectivity index (χ2v) is 4.03. The van der Waals surface area contributed by atoms with Gasteiger partial charge in [0.1, 0.15) is 6.42 Å². The molecular weight excluding hydrogens is 176 g/mol. The summed E-state index contributed by atoms with van der Waals surface area (Å²) in [4.78, 5) is 11.1. The number of hydrogen-bond donors (Lipinski definition) is 1. The lowest BCUT2D eigenvalue weighted by Gasteiger charge is -2.28. The van der Waals surface area contributed by atoms with Crippen LogP contribution >= 0.6 is 0 Å². The Bertz CT molecular complexity index is 224. The average Bonchev–Trinajstić information content (AvgIpc) is 2.19. The van der Waals surface area contributed by atoms with E-state index in [1.807, 2.05) is 6.07 Å². The molecule has 0 aromatic heterocycles. The van der Waals surface area contributed by atoms with Gasteiger partial charge in [0.2, 0.25) is 5.91 Å². The van der Waals surface area contributed by atoms with Crippen LogP contribution < -0.4 is 5.32 Å². The summed E-state index contributed by atoms with van der Waals surface area (Å²) < 4.78 is 0. The second-order valence-electron chi connectivity index (χ2n) is 4.03. The molecule has 0 aromatic carbocycles. The van der Waals surface area contributed by atoms with Crippen LogP contribution in [0, 0.1) is 17.2 Å². The molecule has 1 N–H and O–H groups in total.